The smallest absolute Gasteiger partial charge is 0.160 e. The first-order valence-electron chi connectivity index (χ1n) is 6.45. The summed E-state index contributed by atoms with van der Waals surface area (Å²) in [7, 11) is 0. The summed E-state index contributed by atoms with van der Waals surface area (Å²) in [6.45, 7) is 4.21. The lowest BCUT2D eigenvalue weighted by Crippen LogP contribution is -2.23. The molecular formula is C14H15ClN4S. The summed E-state index contributed by atoms with van der Waals surface area (Å²) in [6.07, 6.45) is 1.98. The van der Waals surface area contributed by atoms with Crippen LogP contribution in [0.25, 0.3) is 5.65 Å². The van der Waals surface area contributed by atoms with Crippen LogP contribution in [-0.2, 0) is 0 Å². The Morgan fingerprint density at radius 1 is 1.25 bits per heavy atom. The molecule has 0 aliphatic rings. The van der Waals surface area contributed by atoms with Crippen molar-refractivity contribution in [3.63, 3.8) is 0 Å². The van der Waals surface area contributed by atoms with Crippen molar-refractivity contribution in [2.24, 2.45) is 0 Å². The van der Waals surface area contributed by atoms with E-state index >= 15 is 0 Å². The lowest BCUT2D eigenvalue weighted by atomic mass is 10.1. The number of rotatable bonds is 4. The van der Waals surface area contributed by atoms with Crippen molar-refractivity contribution in [1.82, 2.24) is 19.9 Å². The summed E-state index contributed by atoms with van der Waals surface area (Å²) in [5.41, 5.74) is 2.06. The summed E-state index contributed by atoms with van der Waals surface area (Å²) in [5, 5.41) is 14.1. The van der Waals surface area contributed by atoms with Crippen LogP contribution in [0.3, 0.4) is 0 Å². The maximum Gasteiger partial charge on any atom is 0.160 e. The maximum absolute atomic E-state index is 5.98. The molecule has 2 atom stereocenters. The van der Waals surface area contributed by atoms with Gasteiger partial charge in [-0.1, -0.05) is 17.7 Å². The van der Waals surface area contributed by atoms with Gasteiger partial charge in [0.15, 0.2) is 11.5 Å². The Labute approximate surface area is 126 Å². The zero-order valence-corrected chi connectivity index (χ0v) is 12.8. The predicted octanol–water partition coefficient (Wildman–Crippen LogP) is 3.86. The minimum atomic E-state index is 0.0982. The molecule has 3 rings (SSSR count). The Kier molecular flexibility index (Phi) is 3.74. The van der Waals surface area contributed by atoms with Crippen LogP contribution in [0, 0.1) is 0 Å². The van der Waals surface area contributed by atoms with Crippen molar-refractivity contribution in [2.45, 2.75) is 25.9 Å². The second-order valence-corrected chi connectivity index (χ2v) is 6.32. The van der Waals surface area contributed by atoms with Crippen LogP contribution >= 0.6 is 22.9 Å². The van der Waals surface area contributed by atoms with Crippen molar-refractivity contribution >= 4 is 28.6 Å². The molecule has 3 heterocycles. The highest BCUT2D eigenvalue weighted by Gasteiger charge is 2.16. The molecule has 6 heteroatoms. The van der Waals surface area contributed by atoms with Gasteiger partial charge in [-0.2, -0.15) is 0 Å². The first kappa shape index (κ1) is 13.5. The van der Waals surface area contributed by atoms with Gasteiger partial charge in [-0.05, 0) is 43.0 Å². The van der Waals surface area contributed by atoms with Gasteiger partial charge < -0.3 is 5.32 Å². The largest absolute Gasteiger partial charge is 0.301 e. The summed E-state index contributed by atoms with van der Waals surface area (Å²) in [4.78, 5) is 0. The fraction of sp³-hybridized carbons (Fsp3) is 0.286. The number of hydrogen-bond acceptors (Lipinski definition) is 4. The van der Waals surface area contributed by atoms with Gasteiger partial charge >= 0.3 is 0 Å². The zero-order chi connectivity index (χ0) is 14.1. The summed E-state index contributed by atoms with van der Waals surface area (Å²) in [5.74, 6) is 0.911. The molecule has 3 aromatic rings. The Hall–Kier alpha value is -1.43. The predicted molar refractivity (Wildman–Crippen MR) is 82.3 cm³/mol. The number of pyridine rings is 1. The molecule has 2 unspecified atom stereocenters. The topological polar surface area (TPSA) is 42.2 Å². The van der Waals surface area contributed by atoms with E-state index in [1.54, 1.807) is 11.3 Å². The lowest BCUT2D eigenvalue weighted by molar-refractivity contribution is 0.474. The minimum Gasteiger partial charge on any atom is -0.301 e. The Bertz CT molecular complexity index is 721. The van der Waals surface area contributed by atoms with Crippen molar-refractivity contribution in [3.8, 4) is 0 Å². The third kappa shape index (κ3) is 2.57. The van der Waals surface area contributed by atoms with Crippen molar-refractivity contribution < 1.29 is 0 Å². The molecule has 0 fully saturated rings. The average Bonchev–Trinajstić information content (AvgIpc) is 3.04. The van der Waals surface area contributed by atoms with Crippen LogP contribution in [0.5, 0.6) is 0 Å². The van der Waals surface area contributed by atoms with Gasteiger partial charge in [-0.25, -0.2) is 0 Å². The van der Waals surface area contributed by atoms with Crippen molar-refractivity contribution in [2.75, 3.05) is 0 Å². The molecule has 0 saturated carbocycles. The van der Waals surface area contributed by atoms with Gasteiger partial charge in [0.25, 0.3) is 0 Å². The molecule has 0 spiro atoms. The van der Waals surface area contributed by atoms with Crippen LogP contribution in [0.2, 0.25) is 4.34 Å². The van der Waals surface area contributed by atoms with Crippen LogP contribution in [0.1, 0.15) is 37.3 Å². The van der Waals surface area contributed by atoms with Gasteiger partial charge in [0.05, 0.1) is 10.4 Å². The molecule has 4 nitrogen and oxygen atoms in total. The first-order valence-corrected chi connectivity index (χ1v) is 7.70. The van der Waals surface area contributed by atoms with E-state index in [0.29, 0.717) is 0 Å². The van der Waals surface area contributed by atoms with Gasteiger partial charge in [0, 0.05) is 12.2 Å². The molecule has 0 amide bonds. The quantitative estimate of drug-likeness (QED) is 0.796. The highest BCUT2D eigenvalue weighted by Crippen LogP contribution is 2.26. The zero-order valence-electron chi connectivity index (χ0n) is 11.2. The molecule has 0 aliphatic carbocycles. The molecule has 0 saturated heterocycles. The summed E-state index contributed by atoms with van der Waals surface area (Å²) < 4.78 is 2.82. The first-order chi connectivity index (χ1) is 9.65. The maximum atomic E-state index is 5.98. The van der Waals surface area contributed by atoms with Gasteiger partial charge in [-0.3, -0.25) is 4.40 Å². The Balaban J connectivity index is 1.80. The van der Waals surface area contributed by atoms with Crippen LogP contribution in [-0.4, -0.2) is 14.6 Å². The summed E-state index contributed by atoms with van der Waals surface area (Å²) >= 11 is 7.54. The van der Waals surface area contributed by atoms with E-state index < -0.39 is 0 Å². The van der Waals surface area contributed by atoms with Gasteiger partial charge in [0.2, 0.25) is 0 Å². The van der Waals surface area contributed by atoms with E-state index in [0.717, 1.165) is 15.8 Å². The molecule has 3 aromatic heterocycles. The van der Waals surface area contributed by atoms with E-state index in [4.69, 9.17) is 11.6 Å². The van der Waals surface area contributed by atoms with E-state index in [-0.39, 0.29) is 12.1 Å². The number of thiophene rings is 1. The lowest BCUT2D eigenvalue weighted by Gasteiger charge is -2.18. The van der Waals surface area contributed by atoms with Gasteiger partial charge in [-0.15, -0.1) is 21.5 Å². The molecule has 0 bridgehead atoms. The van der Waals surface area contributed by atoms with Crippen LogP contribution < -0.4 is 5.32 Å². The van der Waals surface area contributed by atoms with E-state index in [1.165, 1.54) is 5.56 Å². The Morgan fingerprint density at radius 3 is 2.85 bits per heavy atom. The van der Waals surface area contributed by atoms with Gasteiger partial charge in [0.1, 0.15) is 0 Å². The normalized spacial score (nSPS) is 14.6. The Morgan fingerprint density at radius 2 is 2.10 bits per heavy atom. The third-order valence-corrected chi connectivity index (χ3v) is 4.42. The number of aromatic nitrogens is 3. The number of nitrogens with one attached hydrogen (secondary N) is 1. The minimum absolute atomic E-state index is 0.0982. The fourth-order valence-electron chi connectivity index (χ4n) is 2.25. The highest BCUT2D eigenvalue weighted by atomic mass is 35.5. The monoisotopic (exact) mass is 306 g/mol. The molecule has 0 radical (unpaired) electrons. The second-order valence-electron chi connectivity index (χ2n) is 4.78. The highest BCUT2D eigenvalue weighted by molar-refractivity contribution is 7.14. The van der Waals surface area contributed by atoms with Crippen molar-refractivity contribution in [3.05, 3.63) is 51.6 Å². The molecule has 0 aliphatic heterocycles. The van der Waals surface area contributed by atoms with E-state index in [1.807, 2.05) is 34.9 Å². The average molecular weight is 307 g/mol. The number of hydrogen-bond donors (Lipinski definition) is 1. The number of nitrogens with zero attached hydrogens (tertiary/aromatic N) is 3. The second kappa shape index (κ2) is 5.52. The van der Waals surface area contributed by atoms with Crippen molar-refractivity contribution in [1.29, 1.82) is 0 Å². The van der Waals surface area contributed by atoms with E-state index in [2.05, 4.69) is 34.7 Å². The molecule has 0 aromatic carbocycles. The van der Waals surface area contributed by atoms with E-state index in [9.17, 15) is 0 Å². The number of fused-ring (bicyclic) bond motifs is 1. The SMILES string of the molecule is CC(NC(C)c1nnc2ccccn12)c1csc(Cl)c1. The standard InChI is InChI=1S/C14H15ClN4S/c1-9(11-7-12(15)20-8-11)16-10(2)14-18-17-13-5-3-4-6-19(13)14/h3-10,16H,1-2H3. The molecule has 1 N–H and O–H groups in total. The third-order valence-electron chi connectivity index (χ3n) is 3.32. The molecular weight excluding hydrogens is 292 g/mol. The summed E-state index contributed by atoms with van der Waals surface area (Å²) in [6, 6.07) is 8.20. The fourth-order valence-corrected chi connectivity index (χ4v) is 3.24. The molecule has 104 valence electrons. The molecule has 20 heavy (non-hydrogen) atoms. The number of halogens is 1. The van der Waals surface area contributed by atoms with Crippen LogP contribution in [0.4, 0.5) is 0 Å². The van der Waals surface area contributed by atoms with Crippen LogP contribution in [0.15, 0.2) is 35.8 Å².